The van der Waals surface area contributed by atoms with Crippen LogP contribution in [0.1, 0.15) is 18.4 Å². The van der Waals surface area contributed by atoms with Crippen LogP contribution in [0.25, 0.3) is 22.2 Å². The number of likely N-dealkylation sites (N-methyl/N-ethyl adjacent to an activating group) is 1. The molecule has 8 nitrogen and oxygen atoms in total. The molecule has 1 fully saturated rings. The minimum absolute atomic E-state index is 0.0283. The second kappa shape index (κ2) is 9.79. The molecule has 1 aliphatic rings. The van der Waals surface area contributed by atoms with Crippen LogP contribution in [0.3, 0.4) is 0 Å². The van der Waals surface area contributed by atoms with Gasteiger partial charge in [-0.3, -0.25) is 9.36 Å². The van der Waals surface area contributed by atoms with E-state index in [1.165, 1.54) is 17.7 Å². The van der Waals surface area contributed by atoms with Gasteiger partial charge in [-0.15, -0.1) is 0 Å². The van der Waals surface area contributed by atoms with Gasteiger partial charge in [0.2, 0.25) is 0 Å². The van der Waals surface area contributed by atoms with Gasteiger partial charge >= 0.3 is 5.76 Å². The Kier molecular flexibility index (Phi) is 6.82. The Morgan fingerprint density at radius 2 is 2.03 bits per heavy atom. The first-order chi connectivity index (χ1) is 16.3. The number of ether oxygens (including phenoxy) is 1. The molecule has 1 N–H and O–H groups in total. The van der Waals surface area contributed by atoms with Crippen LogP contribution in [0, 0.1) is 17.1 Å². The summed E-state index contributed by atoms with van der Waals surface area (Å²) in [6, 6.07) is 11.0. The largest absolute Gasteiger partial charge is 0.419 e. The van der Waals surface area contributed by atoms with E-state index >= 15 is 0 Å². The van der Waals surface area contributed by atoms with Crippen molar-refractivity contribution in [1.82, 2.24) is 14.8 Å². The number of likely N-dealkylation sites (tertiary alicyclic amines) is 1. The maximum Gasteiger partial charge on any atom is 0.419 e. The van der Waals surface area contributed by atoms with Crippen LogP contribution in [0.2, 0.25) is 0 Å². The number of carbonyl (C=O) groups is 1. The third-order valence-electron chi connectivity index (χ3n) is 6.51. The molecule has 2 heterocycles. The number of hydrogen-bond donors (Lipinski definition) is 1. The number of rotatable bonds is 7. The number of hydrogen-bond acceptors (Lipinski definition) is 6. The molecule has 1 aliphatic heterocycles. The zero-order chi connectivity index (χ0) is 24.4. The van der Waals surface area contributed by atoms with Crippen molar-refractivity contribution in [2.24, 2.45) is 7.05 Å². The van der Waals surface area contributed by atoms with Crippen LogP contribution in [-0.2, 0) is 23.0 Å². The second-order valence-electron chi connectivity index (χ2n) is 8.66. The van der Waals surface area contributed by atoms with Crippen molar-refractivity contribution in [3.05, 3.63) is 58.3 Å². The second-order valence-corrected chi connectivity index (χ2v) is 8.66. The quantitative estimate of drug-likeness (QED) is 0.575. The van der Waals surface area contributed by atoms with Gasteiger partial charge in [0, 0.05) is 26.6 Å². The summed E-state index contributed by atoms with van der Waals surface area (Å²) < 4.78 is 26.9. The summed E-state index contributed by atoms with van der Waals surface area (Å²) in [4.78, 5) is 26.6. The maximum absolute atomic E-state index is 15.0. The molecule has 0 spiro atoms. The van der Waals surface area contributed by atoms with Crippen LogP contribution in [-0.4, -0.2) is 54.3 Å². The Morgan fingerprint density at radius 3 is 2.68 bits per heavy atom. The van der Waals surface area contributed by atoms with Crippen LogP contribution >= 0.6 is 0 Å². The summed E-state index contributed by atoms with van der Waals surface area (Å²) >= 11 is 0. The average molecular weight is 467 g/mol. The summed E-state index contributed by atoms with van der Waals surface area (Å²) in [5.74, 6) is -1.32. The smallest absolute Gasteiger partial charge is 0.408 e. The molecule has 0 unspecified atom stereocenters. The fourth-order valence-electron chi connectivity index (χ4n) is 4.56. The first-order valence-electron chi connectivity index (χ1n) is 11.1. The number of benzene rings is 2. The fraction of sp³-hybridized carbons (Fsp3) is 0.400. The number of halogens is 1. The number of nitriles is 1. The third-order valence-corrected chi connectivity index (χ3v) is 6.51. The monoisotopic (exact) mass is 466 g/mol. The molecular formula is C25H27FN4O4. The molecule has 34 heavy (non-hydrogen) atoms. The van der Waals surface area contributed by atoms with Crippen molar-refractivity contribution >= 4 is 17.0 Å². The third kappa shape index (κ3) is 4.60. The molecule has 3 atom stereocenters. The SMILES string of the molecule is CO[C@@H](C(=O)N[C@H](C#N)Cc1ccc(-c2ccc3oc(=O)n(C)c3c2)cc1F)[C@@H]1CCCN1C. The molecule has 0 radical (unpaired) electrons. The summed E-state index contributed by atoms with van der Waals surface area (Å²) in [6.07, 6.45) is 1.16. The number of aromatic nitrogens is 1. The van der Waals surface area contributed by atoms with E-state index < -0.39 is 23.7 Å². The lowest BCUT2D eigenvalue weighted by Gasteiger charge is -2.27. The highest BCUT2D eigenvalue weighted by molar-refractivity contribution is 5.82. The Hall–Kier alpha value is -3.48. The highest BCUT2D eigenvalue weighted by Gasteiger charge is 2.35. The molecule has 2 aromatic carbocycles. The van der Waals surface area contributed by atoms with Gasteiger partial charge in [-0.2, -0.15) is 5.26 Å². The minimum Gasteiger partial charge on any atom is -0.408 e. The topological polar surface area (TPSA) is 100 Å². The molecule has 0 saturated carbocycles. The normalized spacial score (nSPS) is 18.0. The number of aryl methyl sites for hydroxylation is 1. The van der Waals surface area contributed by atoms with Crippen molar-refractivity contribution in [3.63, 3.8) is 0 Å². The molecule has 3 aromatic rings. The minimum atomic E-state index is -0.894. The van der Waals surface area contributed by atoms with E-state index in [0.29, 0.717) is 22.2 Å². The summed E-state index contributed by atoms with van der Waals surface area (Å²) in [5.41, 5.74) is 2.74. The van der Waals surface area contributed by atoms with E-state index in [-0.39, 0.29) is 18.4 Å². The predicted molar refractivity (Wildman–Crippen MR) is 125 cm³/mol. The zero-order valence-electron chi connectivity index (χ0n) is 19.4. The molecule has 9 heteroatoms. The van der Waals surface area contributed by atoms with Gasteiger partial charge in [0.05, 0.1) is 11.6 Å². The van der Waals surface area contributed by atoms with E-state index in [1.54, 1.807) is 37.4 Å². The molecule has 1 aromatic heterocycles. The Labute approximate surface area is 196 Å². The van der Waals surface area contributed by atoms with Crippen LogP contribution < -0.4 is 11.1 Å². The van der Waals surface area contributed by atoms with E-state index in [9.17, 15) is 19.2 Å². The Balaban J connectivity index is 1.49. The van der Waals surface area contributed by atoms with Gasteiger partial charge in [0.1, 0.15) is 11.9 Å². The highest BCUT2D eigenvalue weighted by atomic mass is 19.1. The summed E-state index contributed by atoms with van der Waals surface area (Å²) in [6.45, 7) is 0.890. The van der Waals surface area contributed by atoms with Gasteiger partial charge in [-0.1, -0.05) is 18.2 Å². The number of fused-ring (bicyclic) bond motifs is 1. The zero-order valence-corrected chi connectivity index (χ0v) is 19.4. The number of amides is 1. The highest BCUT2D eigenvalue weighted by Crippen LogP contribution is 2.26. The van der Waals surface area contributed by atoms with Crippen LogP contribution in [0.5, 0.6) is 0 Å². The first kappa shape index (κ1) is 23.7. The van der Waals surface area contributed by atoms with Gasteiger partial charge in [-0.05, 0) is 61.3 Å². The number of nitrogens with one attached hydrogen (secondary N) is 1. The van der Waals surface area contributed by atoms with Gasteiger partial charge in [0.25, 0.3) is 5.91 Å². The summed E-state index contributed by atoms with van der Waals surface area (Å²) in [5, 5.41) is 12.3. The standard InChI is InChI=1S/C25H27FN4O4/c1-29-10-4-5-20(29)23(33-3)24(31)28-18(14-27)11-17-7-6-15(12-19(17)26)16-8-9-22-21(13-16)30(2)25(32)34-22/h6-9,12-13,18,20,23H,4-5,10-11H2,1-3H3,(H,28,31)/t18-,20-,23+/m0/s1. The summed E-state index contributed by atoms with van der Waals surface area (Å²) in [7, 11) is 5.03. The number of nitrogens with zero attached hydrogens (tertiary/aromatic N) is 3. The van der Waals surface area contributed by atoms with E-state index in [0.717, 1.165) is 24.9 Å². The van der Waals surface area contributed by atoms with Gasteiger partial charge in [0.15, 0.2) is 11.7 Å². The Bertz CT molecular complexity index is 1310. The first-order valence-corrected chi connectivity index (χ1v) is 11.1. The molecule has 1 amide bonds. The lowest BCUT2D eigenvalue weighted by molar-refractivity contribution is -0.134. The van der Waals surface area contributed by atoms with Gasteiger partial charge < -0.3 is 19.4 Å². The van der Waals surface area contributed by atoms with E-state index in [2.05, 4.69) is 16.3 Å². The van der Waals surface area contributed by atoms with E-state index in [1.807, 2.05) is 7.05 Å². The number of carbonyl (C=O) groups excluding carboxylic acids is 1. The maximum atomic E-state index is 15.0. The molecule has 178 valence electrons. The molecule has 1 saturated heterocycles. The van der Waals surface area contributed by atoms with Crippen LogP contribution in [0.4, 0.5) is 4.39 Å². The lowest BCUT2D eigenvalue weighted by Crippen LogP contribution is -2.50. The van der Waals surface area contributed by atoms with E-state index in [4.69, 9.17) is 9.15 Å². The predicted octanol–water partition coefficient (Wildman–Crippen LogP) is 2.60. The molecular weight excluding hydrogens is 439 g/mol. The Morgan fingerprint density at radius 1 is 1.29 bits per heavy atom. The van der Waals surface area contributed by atoms with Crippen molar-refractivity contribution in [1.29, 1.82) is 5.26 Å². The lowest BCUT2D eigenvalue weighted by atomic mass is 9.99. The van der Waals surface area contributed by atoms with Crippen LogP contribution in [0.15, 0.2) is 45.6 Å². The molecule has 0 bridgehead atoms. The molecule has 0 aliphatic carbocycles. The average Bonchev–Trinajstić information content (AvgIpc) is 3.37. The molecule has 4 rings (SSSR count). The number of methoxy groups -OCH3 is 1. The van der Waals surface area contributed by atoms with Gasteiger partial charge in [-0.25, -0.2) is 9.18 Å². The van der Waals surface area contributed by atoms with Crippen molar-refractivity contribution in [2.75, 3.05) is 20.7 Å². The van der Waals surface area contributed by atoms with Crippen molar-refractivity contribution < 1.29 is 18.3 Å². The fourth-order valence-corrected chi connectivity index (χ4v) is 4.56. The van der Waals surface area contributed by atoms with Crippen molar-refractivity contribution in [3.8, 4) is 17.2 Å². The van der Waals surface area contributed by atoms with Crippen molar-refractivity contribution in [2.45, 2.75) is 37.5 Å². The number of oxazole rings is 1.